The van der Waals surface area contributed by atoms with Gasteiger partial charge in [0.15, 0.2) is 0 Å². The van der Waals surface area contributed by atoms with E-state index in [2.05, 4.69) is 15.1 Å². The van der Waals surface area contributed by atoms with E-state index in [1.807, 2.05) is 42.1 Å². The lowest BCUT2D eigenvalue weighted by molar-refractivity contribution is 0.100. The first-order valence-electron chi connectivity index (χ1n) is 8.90. The number of fused-ring (bicyclic) bond motifs is 1. The maximum Gasteiger partial charge on any atom is 0.276 e. The molecule has 0 fully saturated rings. The number of benzene rings is 2. The van der Waals surface area contributed by atoms with Gasteiger partial charge in [-0.3, -0.25) is 4.79 Å². The molecule has 0 spiro atoms. The van der Waals surface area contributed by atoms with Crippen LogP contribution in [0.25, 0.3) is 22.3 Å². The second kappa shape index (κ2) is 7.76. The molecule has 4 aromatic rings. The summed E-state index contributed by atoms with van der Waals surface area (Å²) in [5.41, 5.74) is 2.06. The number of hydrogen-bond donors (Lipinski definition) is 1. The van der Waals surface area contributed by atoms with E-state index in [-0.39, 0.29) is 18.1 Å². The monoisotopic (exact) mass is 392 g/mol. The molecule has 29 heavy (non-hydrogen) atoms. The van der Waals surface area contributed by atoms with E-state index < -0.39 is 17.6 Å². The number of hydrogen-bond acceptors (Lipinski definition) is 5. The number of aliphatic imine (C=N–C) groups is 1. The van der Waals surface area contributed by atoms with Crippen LogP contribution >= 0.6 is 0 Å². The average molecular weight is 392 g/mol. The van der Waals surface area contributed by atoms with Crippen LogP contribution in [0.5, 0.6) is 0 Å². The van der Waals surface area contributed by atoms with E-state index in [0.717, 1.165) is 16.5 Å². The van der Waals surface area contributed by atoms with Gasteiger partial charge in [0.05, 0.1) is 12.5 Å². The van der Waals surface area contributed by atoms with Crippen LogP contribution in [-0.4, -0.2) is 38.5 Å². The highest BCUT2D eigenvalue weighted by molar-refractivity contribution is 5.99. The van der Waals surface area contributed by atoms with Crippen molar-refractivity contribution in [3.8, 4) is 11.4 Å². The lowest BCUT2D eigenvalue weighted by Crippen LogP contribution is -2.08. The fourth-order valence-electron chi connectivity index (χ4n) is 3.03. The molecular weight excluding hydrogens is 375 g/mol. The van der Waals surface area contributed by atoms with E-state index in [1.165, 1.54) is 30.5 Å². The van der Waals surface area contributed by atoms with Crippen LogP contribution in [0.15, 0.2) is 64.2 Å². The minimum atomic E-state index is -0.740. The molecule has 0 saturated carbocycles. The number of aliphatic hydroxyl groups is 1. The van der Waals surface area contributed by atoms with Crippen LogP contribution in [0.2, 0.25) is 0 Å². The van der Waals surface area contributed by atoms with Crippen molar-refractivity contribution in [2.75, 3.05) is 6.61 Å². The van der Waals surface area contributed by atoms with Gasteiger partial charge in [0, 0.05) is 41.5 Å². The van der Waals surface area contributed by atoms with Gasteiger partial charge in [0.25, 0.3) is 5.91 Å². The molecule has 7 nitrogen and oxygen atoms in total. The van der Waals surface area contributed by atoms with Crippen molar-refractivity contribution in [1.82, 2.24) is 14.7 Å². The Bertz CT molecular complexity index is 1190. The molecule has 1 N–H and O–H groups in total. The van der Waals surface area contributed by atoms with Crippen molar-refractivity contribution in [3.05, 3.63) is 72.0 Å². The molecule has 0 aliphatic rings. The van der Waals surface area contributed by atoms with Crippen molar-refractivity contribution >= 4 is 23.0 Å². The normalized spacial score (nSPS) is 12.7. The van der Waals surface area contributed by atoms with Crippen LogP contribution in [-0.2, 0) is 7.05 Å². The molecule has 4 rings (SSSR count). The fourth-order valence-corrected chi connectivity index (χ4v) is 3.03. The van der Waals surface area contributed by atoms with Crippen LogP contribution in [0.3, 0.4) is 0 Å². The number of amides is 1. The van der Waals surface area contributed by atoms with E-state index in [0.29, 0.717) is 5.82 Å². The molecule has 1 atom stereocenters. The Morgan fingerprint density at radius 3 is 2.79 bits per heavy atom. The summed E-state index contributed by atoms with van der Waals surface area (Å²) < 4.78 is 20.2. The van der Waals surface area contributed by atoms with Crippen molar-refractivity contribution in [2.45, 2.75) is 5.92 Å². The van der Waals surface area contributed by atoms with E-state index >= 15 is 0 Å². The number of aliphatic hydroxyl groups excluding tert-OH is 1. The summed E-state index contributed by atoms with van der Waals surface area (Å²) in [6, 6.07) is 12.9. The Balaban J connectivity index is 1.58. The minimum absolute atomic E-state index is 0.145. The smallest absolute Gasteiger partial charge is 0.276 e. The number of aromatic nitrogens is 3. The zero-order valence-corrected chi connectivity index (χ0v) is 15.5. The number of para-hydroxylation sites is 1. The Morgan fingerprint density at radius 1 is 1.28 bits per heavy atom. The summed E-state index contributed by atoms with van der Waals surface area (Å²) in [6.07, 6.45) is 3.16. The molecule has 0 aliphatic carbocycles. The van der Waals surface area contributed by atoms with Gasteiger partial charge in [-0.05, 0) is 30.3 Å². The molecule has 1 unspecified atom stereocenters. The predicted molar refractivity (Wildman–Crippen MR) is 105 cm³/mol. The SMILES string of the molecule is Cn1cc(-c2noc(C(C=NC(=O)c3ccc(F)cc3)CO)n2)c2ccccc21. The van der Waals surface area contributed by atoms with Crippen LogP contribution < -0.4 is 0 Å². The molecule has 2 heterocycles. The summed E-state index contributed by atoms with van der Waals surface area (Å²) in [6.45, 7) is -0.364. The molecule has 146 valence electrons. The van der Waals surface area contributed by atoms with Gasteiger partial charge in [0.1, 0.15) is 5.82 Å². The molecule has 2 aromatic carbocycles. The summed E-state index contributed by atoms with van der Waals surface area (Å²) >= 11 is 0. The summed E-state index contributed by atoms with van der Waals surface area (Å²) in [5.74, 6) is -1.21. The number of rotatable bonds is 5. The van der Waals surface area contributed by atoms with Gasteiger partial charge in [0.2, 0.25) is 11.7 Å². The Morgan fingerprint density at radius 2 is 2.03 bits per heavy atom. The first-order chi connectivity index (χ1) is 14.1. The van der Waals surface area contributed by atoms with Gasteiger partial charge in [-0.1, -0.05) is 23.4 Å². The second-order valence-electron chi connectivity index (χ2n) is 6.51. The van der Waals surface area contributed by atoms with E-state index in [4.69, 9.17) is 4.52 Å². The van der Waals surface area contributed by atoms with Crippen LogP contribution in [0.1, 0.15) is 22.2 Å². The summed E-state index contributed by atoms with van der Waals surface area (Å²) in [7, 11) is 1.93. The molecule has 0 radical (unpaired) electrons. The van der Waals surface area contributed by atoms with E-state index in [1.54, 1.807) is 0 Å². The lowest BCUT2D eigenvalue weighted by atomic mass is 10.1. The quantitative estimate of drug-likeness (QED) is 0.526. The highest BCUT2D eigenvalue weighted by Gasteiger charge is 2.20. The van der Waals surface area contributed by atoms with Gasteiger partial charge < -0.3 is 14.2 Å². The zero-order valence-electron chi connectivity index (χ0n) is 15.5. The molecule has 8 heteroatoms. The first-order valence-corrected chi connectivity index (χ1v) is 8.90. The number of carbonyl (C=O) groups excluding carboxylic acids is 1. The lowest BCUT2D eigenvalue weighted by Gasteiger charge is -2.01. The average Bonchev–Trinajstić information content (AvgIpc) is 3.34. The topological polar surface area (TPSA) is 93.5 Å². The van der Waals surface area contributed by atoms with Crippen molar-refractivity contribution in [3.63, 3.8) is 0 Å². The largest absolute Gasteiger partial charge is 0.395 e. The Labute approximate surface area is 165 Å². The third-order valence-corrected chi connectivity index (χ3v) is 4.56. The van der Waals surface area contributed by atoms with Gasteiger partial charge in [-0.2, -0.15) is 4.98 Å². The van der Waals surface area contributed by atoms with Crippen molar-refractivity contribution in [1.29, 1.82) is 0 Å². The van der Waals surface area contributed by atoms with Gasteiger partial charge >= 0.3 is 0 Å². The second-order valence-corrected chi connectivity index (χ2v) is 6.51. The van der Waals surface area contributed by atoms with Crippen LogP contribution in [0, 0.1) is 5.82 Å². The highest BCUT2D eigenvalue weighted by Crippen LogP contribution is 2.28. The predicted octanol–water partition coefficient (Wildman–Crippen LogP) is 3.35. The number of carbonyl (C=O) groups is 1. The number of aryl methyl sites for hydroxylation is 1. The minimum Gasteiger partial charge on any atom is -0.395 e. The maximum absolute atomic E-state index is 13.0. The maximum atomic E-state index is 13.0. The van der Waals surface area contributed by atoms with Crippen LogP contribution in [0.4, 0.5) is 4.39 Å². The standard InChI is InChI=1S/C21H17FN4O3/c1-26-11-17(16-4-2-3-5-18(16)26)19-24-21(29-25-19)14(12-27)10-23-20(28)13-6-8-15(22)9-7-13/h2-11,14,27H,12H2,1H3. The summed E-state index contributed by atoms with van der Waals surface area (Å²) in [4.78, 5) is 20.3. The van der Waals surface area contributed by atoms with Gasteiger partial charge in [-0.25, -0.2) is 9.38 Å². The van der Waals surface area contributed by atoms with Crippen molar-refractivity contribution < 1.29 is 18.8 Å². The molecule has 0 saturated heterocycles. The Kier molecular flexibility index (Phi) is 5.01. The molecular formula is C21H17FN4O3. The Hall–Kier alpha value is -3.65. The third kappa shape index (κ3) is 3.70. The number of nitrogens with zero attached hydrogens (tertiary/aromatic N) is 4. The molecule has 0 bridgehead atoms. The zero-order chi connectivity index (χ0) is 20.4. The highest BCUT2D eigenvalue weighted by atomic mass is 19.1. The molecule has 0 aliphatic heterocycles. The molecule has 2 aromatic heterocycles. The number of halogens is 1. The molecule has 1 amide bonds. The van der Waals surface area contributed by atoms with Crippen molar-refractivity contribution in [2.24, 2.45) is 12.0 Å². The third-order valence-electron chi connectivity index (χ3n) is 4.56. The van der Waals surface area contributed by atoms with Gasteiger partial charge in [-0.15, -0.1) is 0 Å². The fraction of sp³-hybridized carbons (Fsp3) is 0.143. The van der Waals surface area contributed by atoms with E-state index in [9.17, 15) is 14.3 Å². The summed E-state index contributed by atoms with van der Waals surface area (Å²) in [5, 5.41) is 14.7. The first kappa shape index (κ1) is 18.7.